The maximum Gasteiger partial charge on any atom is 0.262 e. The third-order valence-corrected chi connectivity index (χ3v) is 5.96. The van der Waals surface area contributed by atoms with Gasteiger partial charge in [0, 0.05) is 5.56 Å². The minimum absolute atomic E-state index is 0.147. The Kier molecular flexibility index (Phi) is 7.32. The molecule has 0 fully saturated rings. The summed E-state index contributed by atoms with van der Waals surface area (Å²) in [5.74, 6) is 0.200. The monoisotopic (exact) mass is 458 g/mol. The van der Waals surface area contributed by atoms with Crippen LogP contribution in [0.15, 0.2) is 71.6 Å². The molecule has 0 aliphatic rings. The zero-order valence-corrected chi connectivity index (χ0v) is 18.4. The maximum atomic E-state index is 13.8. The smallest absolute Gasteiger partial charge is 0.262 e. The number of aryl methyl sites for hydroxylation is 1. The van der Waals surface area contributed by atoms with Gasteiger partial charge in [-0.1, -0.05) is 18.2 Å². The average Bonchev–Trinajstić information content (AvgIpc) is 2.78. The maximum absolute atomic E-state index is 13.8. The van der Waals surface area contributed by atoms with Crippen molar-refractivity contribution in [1.82, 2.24) is 5.32 Å². The van der Waals surface area contributed by atoms with E-state index in [2.05, 4.69) is 10.0 Å². The lowest BCUT2D eigenvalue weighted by molar-refractivity contribution is 0.0946. The number of amides is 1. The van der Waals surface area contributed by atoms with Crippen LogP contribution in [0.5, 0.6) is 11.5 Å². The van der Waals surface area contributed by atoms with Gasteiger partial charge in [-0.05, 0) is 61.0 Å². The molecule has 3 aromatic carbocycles. The van der Waals surface area contributed by atoms with E-state index in [-0.39, 0.29) is 29.3 Å². The fourth-order valence-corrected chi connectivity index (χ4v) is 3.95. The zero-order valence-electron chi connectivity index (χ0n) is 17.6. The number of para-hydroxylation sites is 1. The molecule has 0 heterocycles. The van der Waals surface area contributed by atoms with Crippen molar-refractivity contribution in [3.63, 3.8) is 0 Å². The number of hydrogen-bond acceptors (Lipinski definition) is 5. The number of methoxy groups -OCH3 is 1. The summed E-state index contributed by atoms with van der Waals surface area (Å²) in [6.45, 7) is 2.14. The van der Waals surface area contributed by atoms with Crippen molar-refractivity contribution in [2.45, 2.75) is 11.8 Å². The first-order chi connectivity index (χ1) is 15.3. The predicted molar refractivity (Wildman–Crippen MR) is 119 cm³/mol. The first kappa shape index (κ1) is 23.1. The van der Waals surface area contributed by atoms with Gasteiger partial charge in [-0.3, -0.25) is 9.52 Å². The topological polar surface area (TPSA) is 93.7 Å². The van der Waals surface area contributed by atoms with Crippen molar-refractivity contribution >= 4 is 21.6 Å². The fraction of sp³-hybridized carbons (Fsp3) is 0.174. The van der Waals surface area contributed by atoms with Crippen LogP contribution in [0.1, 0.15) is 15.9 Å². The van der Waals surface area contributed by atoms with E-state index in [1.54, 1.807) is 38.3 Å². The molecular formula is C23H23FN2O5S. The number of rotatable bonds is 9. The van der Waals surface area contributed by atoms with E-state index in [4.69, 9.17) is 9.47 Å². The Morgan fingerprint density at radius 3 is 2.38 bits per heavy atom. The Balaban J connectivity index is 1.64. The summed E-state index contributed by atoms with van der Waals surface area (Å²) in [4.78, 5) is 12.4. The first-order valence-electron chi connectivity index (χ1n) is 9.73. The van der Waals surface area contributed by atoms with E-state index in [9.17, 15) is 17.6 Å². The largest absolute Gasteiger partial charge is 0.497 e. The van der Waals surface area contributed by atoms with Gasteiger partial charge in [-0.25, -0.2) is 12.8 Å². The Morgan fingerprint density at radius 1 is 1.00 bits per heavy atom. The van der Waals surface area contributed by atoms with Crippen molar-refractivity contribution in [1.29, 1.82) is 0 Å². The molecule has 7 nitrogen and oxygen atoms in total. The molecule has 0 radical (unpaired) electrons. The zero-order chi connectivity index (χ0) is 23.1. The van der Waals surface area contributed by atoms with Crippen molar-refractivity contribution in [2.24, 2.45) is 0 Å². The van der Waals surface area contributed by atoms with Crippen LogP contribution in [0.2, 0.25) is 0 Å². The van der Waals surface area contributed by atoms with Crippen LogP contribution >= 0.6 is 0 Å². The lowest BCUT2D eigenvalue weighted by atomic mass is 10.1. The molecule has 2 N–H and O–H groups in total. The van der Waals surface area contributed by atoms with Crippen LogP contribution in [0.25, 0.3) is 0 Å². The third kappa shape index (κ3) is 5.76. The first-order valence-corrected chi connectivity index (χ1v) is 11.2. The predicted octanol–water partition coefficient (Wildman–Crippen LogP) is 3.75. The minimum atomic E-state index is -4.08. The molecule has 1 amide bonds. The summed E-state index contributed by atoms with van der Waals surface area (Å²) in [5.41, 5.74) is 0.629. The van der Waals surface area contributed by atoms with E-state index in [1.807, 2.05) is 0 Å². The number of benzene rings is 3. The van der Waals surface area contributed by atoms with E-state index in [0.717, 1.165) is 6.07 Å². The number of nitrogens with one attached hydrogen (secondary N) is 2. The van der Waals surface area contributed by atoms with E-state index in [1.165, 1.54) is 36.4 Å². The Bertz CT molecular complexity index is 1200. The number of carbonyl (C=O) groups excluding carboxylic acids is 1. The van der Waals surface area contributed by atoms with Gasteiger partial charge in [0.1, 0.15) is 23.9 Å². The highest BCUT2D eigenvalue weighted by Gasteiger charge is 2.19. The fourth-order valence-electron chi connectivity index (χ4n) is 2.86. The lowest BCUT2D eigenvalue weighted by Crippen LogP contribution is -2.29. The minimum Gasteiger partial charge on any atom is -0.497 e. The number of anilines is 1. The number of halogens is 1. The molecule has 32 heavy (non-hydrogen) atoms. The highest BCUT2D eigenvalue weighted by Crippen LogP contribution is 2.21. The number of ether oxygens (including phenoxy) is 2. The van der Waals surface area contributed by atoms with Gasteiger partial charge in [-0.2, -0.15) is 0 Å². The van der Waals surface area contributed by atoms with Crippen LogP contribution in [0, 0.1) is 12.7 Å². The van der Waals surface area contributed by atoms with Crippen molar-refractivity contribution in [3.8, 4) is 11.5 Å². The van der Waals surface area contributed by atoms with Gasteiger partial charge < -0.3 is 14.8 Å². The van der Waals surface area contributed by atoms with Gasteiger partial charge in [0.2, 0.25) is 0 Å². The van der Waals surface area contributed by atoms with Gasteiger partial charge in [0.05, 0.1) is 24.2 Å². The molecule has 0 saturated carbocycles. The second-order valence-electron chi connectivity index (χ2n) is 6.84. The van der Waals surface area contributed by atoms with Gasteiger partial charge >= 0.3 is 0 Å². The van der Waals surface area contributed by atoms with Crippen LogP contribution in [0.3, 0.4) is 0 Å². The molecule has 3 rings (SSSR count). The summed E-state index contributed by atoms with van der Waals surface area (Å²) in [6, 6.07) is 16.6. The van der Waals surface area contributed by atoms with Crippen molar-refractivity contribution in [2.75, 3.05) is 25.0 Å². The van der Waals surface area contributed by atoms with Crippen LogP contribution in [-0.4, -0.2) is 34.6 Å². The molecule has 3 aromatic rings. The van der Waals surface area contributed by atoms with Gasteiger partial charge in [-0.15, -0.1) is 0 Å². The molecule has 0 atom stereocenters. The van der Waals surface area contributed by atoms with Crippen molar-refractivity contribution < 1.29 is 27.1 Å². The SMILES string of the molecule is COc1ccc(OCCNC(=O)c2cc(S(=O)(=O)Nc3ccccc3F)ccc2C)cc1. The van der Waals surface area contributed by atoms with Crippen LogP contribution < -0.4 is 19.5 Å². The molecule has 9 heteroatoms. The molecule has 0 bridgehead atoms. The highest BCUT2D eigenvalue weighted by molar-refractivity contribution is 7.92. The normalized spacial score (nSPS) is 11.0. The highest BCUT2D eigenvalue weighted by atomic mass is 32.2. The average molecular weight is 459 g/mol. The summed E-state index contributed by atoms with van der Waals surface area (Å²) >= 11 is 0. The molecule has 0 aliphatic heterocycles. The summed E-state index contributed by atoms with van der Waals surface area (Å²) in [5, 5.41) is 2.71. The summed E-state index contributed by atoms with van der Waals surface area (Å²) < 4.78 is 52.0. The molecule has 0 spiro atoms. The second-order valence-corrected chi connectivity index (χ2v) is 8.52. The summed E-state index contributed by atoms with van der Waals surface area (Å²) in [6.07, 6.45) is 0. The number of carbonyl (C=O) groups is 1. The molecule has 168 valence electrons. The van der Waals surface area contributed by atoms with Crippen LogP contribution in [-0.2, 0) is 10.0 Å². The quantitative estimate of drug-likeness (QED) is 0.477. The molecule has 0 saturated heterocycles. The van der Waals surface area contributed by atoms with Gasteiger partial charge in [0.25, 0.3) is 15.9 Å². The number of hydrogen-bond donors (Lipinski definition) is 2. The lowest BCUT2D eigenvalue weighted by Gasteiger charge is -2.12. The Labute approximate surface area is 186 Å². The van der Waals surface area contributed by atoms with E-state index < -0.39 is 21.7 Å². The van der Waals surface area contributed by atoms with E-state index >= 15 is 0 Å². The third-order valence-electron chi connectivity index (χ3n) is 4.60. The molecular weight excluding hydrogens is 435 g/mol. The van der Waals surface area contributed by atoms with Crippen molar-refractivity contribution in [3.05, 3.63) is 83.7 Å². The van der Waals surface area contributed by atoms with Gasteiger partial charge in [0.15, 0.2) is 0 Å². The molecule has 0 unspecified atom stereocenters. The molecule has 0 aromatic heterocycles. The summed E-state index contributed by atoms with van der Waals surface area (Å²) in [7, 11) is -2.51. The number of sulfonamides is 1. The Hall–Kier alpha value is -3.59. The van der Waals surface area contributed by atoms with Crippen LogP contribution in [0.4, 0.5) is 10.1 Å². The van der Waals surface area contributed by atoms with E-state index in [0.29, 0.717) is 17.1 Å². The standard InChI is InChI=1S/C23H23FN2O5S/c1-16-7-12-19(32(28,29)26-22-6-4-3-5-21(22)24)15-20(16)23(27)25-13-14-31-18-10-8-17(30-2)9-11-18/h3-12,15,26H,13-14H2,1-2H3,(H,25,27). The second kappa shape index (κ2) is 10.1. The molecule has 0 aliphatic carbocycles. The Morgan fingerprint density at radius 2 is 1.69 bits per heavy atom.